The second-order valence-corrected chi connectivity index (χ2v) is 8.50. The Morgan fingerprint density at radius 3 is 2.59 bits per heavy atom. The van der Waals surface area contributed by atoms with Crippen LogP contribution in [0.3, 0.4) is 0 Å². The quantitative estimate of drug-likeness (QED) is 0.480. The number of anilines is 1. The molecular formula is C22H24ClN5O3S. The lowest BCUT2D eigenvalue weighted by atomic mass is 10.2. The molecule has 0 aliphatic heterocycles. The number of nitrogens with zero attached hydrogens (tertiary/aromatic N) is 3. The van der Waals surface area contributed by atoms with Crippen molar-refractivity contribution in [3.63, 3.8) is 0 Å². The van der Waals surface area contributed by atoms with Crippen molar-refractivity contribution >= 4 is 40.9 Å². The molecule has 168 valence electrons. The Hall–Kier alpha value is -3.04. The monoisotopic (exact) mass is 473 g/mol. The zero-order valence-corrected chi connectivity index (χ0v) is 19.8. The summed E-state index contributed by atoms with van der Waals surface area (Å²) in [6.45, 7) is 3.73. The second kappa shape index (κ2) is 10.5. The Balaban J connectivity index is 1.58. The molecule has 2 N–H and O–H groups in total. The number of rotatable bonds is 8. The summed E-state index contributed by atoms with van der Waals surface area (Å²) in [7, 11) is 3.37. The number of aromatic nitrogens is 3. The van der Waals surface area contributed by atoms with Gasteiger partial charge in [-0.1, -0.05) is 29.4 Å². The minimum atomic E-state index is -0.376. The van der Waals surface area contributed by atoms with Gasteiger partial charge in [-0.05, 0) is 55.8 Å². The molecule has 8 nitrogen and oxygen atoms in total. The van der Waals surface area contributed by atoms with Crippen molar-refractivity contribution in [2.75, 3.05) is 18.2 Å². The number of aryl methyl sites for hydroxylation is 1. The van der Waals surface area contributed by atoms with Crippen LogP contribution in [-0.2, 0) is 11.8 Å². The van der Waals surface area contributed by atoms with Gasteiger partial charge in [0.05, 0.1) is 18.9 Å². The van der Waals surface area contributed by atoms with Crippen LogP contribution in [-0.4, -0.2) is 39.4 Å². The van der Waals surface area contributed by atoms with Crippen LogP contribution in [0.1, 0.15) is 34.7 Å². The van der Waals surface area contributed by atoms with Crippen molar-refractivity contribution in [3.05, 3.63) is 64.4 Å². The van der Waals surface area contributed by atoms with Crippen LogP contribution in [0.25, 0.3) is 0 Å². The van der Waals surface area contributed by atoms with Gasteiger partial charge in [-0.15, -0.1) is 10.2 Å². The highest BCUT2D eigenvalue weighted by Crippen LogP contribution is 2.22. The molecule has 0 spiro atoms. The molecule has 1 atom stereocenters. The van der Waals surface area contributed by atoms with E-state index in [4.69, 9.17) is 16.3 Å². The number of methoxy groups -OCH3 is 1. The van der Waals surface area contributed by atoms with Crippen LogP contribution in [0, 0.1) is 6.92 Å². The largest absolute Gasteiger partial charge is 0.497 e. The van der Waals surface area contributed by atoms with E-state index in [1.165, 1.54) is 11.8 Å². The van der Waals surface area contributed by atoms with Gasteiger partial charge >= 0.3 is 0 Å². The van der Waals surface area contributed by atoms with Crippen LogP contribution in [0.5, 0.6) is 5.75 Å². The average molecular weight is 474 g/mol. The van der Waals surface area contributed by atoms with E-state index in [0.717, 1.165) is 5.56 Å². The van der Waals surface area contributed by atoms with Crippen molar-refractivity contribution in [2.24, 2.45) is 7.05 Å². The number of thioether (sulfide) groups is 1. The molecule has 10 heteroatoms. The molecule has 3 rings (SSSR count). The molecule has 3 aromatic rings. The smallest absolute Gasteiger partial charge is 0.251 e. The summed E-state index contributed by atoms with van der Waals surface area (Å²) in [6, 6.07) is 11.8. The fourth-order valence-electron chi connectivity index (χ4n) is 2.96. The first-order valence-electron chi connectivity index (χ1n) is 9.81. The number of hydrogen-bond acceptors (Lipinski definition) is 6. The van der Waals surface area contributed by atoms with Gasteiger partial charge in [0.25, 0.3) is 5.91 Å². The Kier molecular flexibility index (Phi) is 7.76. The number of amides is 2. The lowest BCUT2D eigenvalue weighted by Crippen LogP contribution is -2.28. The van der Waals surface area contributed by atoms with E-state index in [1.54, 1.807) is 55.1 Å². The SMILES string of the molecule is COc1ccc(C(=O)N[C@@H](C)c2nnc(SCC(=O)Nc3cc(Cl)ccc3C)n2C)cc1. The third-order valence-electron chi connectivity index (χ3n) is 4.76. The second-order valence-electron chi connectivity index (χ2n) is 7.12. The van der Waals surface area contributed by atoms with E-state index >= 15 is 0 Å². The molecule has 0 saturated carbocycles. The van der Waals surface area contributed by atoms with E-state index in [-0.39, 0.29) is 23.6 Å². The predicted molar refractivity (Wildman–Crippen MR) is 125 cm³/mol. The summed E-state index contributed by atoms with van der Waals surface area (Å²) in [5.41, 5.74) is 2.12. The number of benzene rings is 2. The number of ether oxygens (including phenoxy) is 1. The minimum Gasteiger partial charge on any atom is -0.497 e. The maximum absolute atomic E-state index is 12.5. The van der Waals surface area contributed by atoms with Crippen molar-refractivity contribution in [2.45, 2.75) is 25.0 Å². The highest BCUT2D eigenvalue weighted by Gasteiger charge is 2.19. The van der Waals surface area contributed by atoms with Crippen LogP contribution >= 0.6 is 23.4 Å². The van der Waals surface area contributed by atoms with E-state index in [0.29, 0.717) is 33.0 Å². The fraction of sp³-hybridized carbons (Fsp3) is 0.273. The van der Waals surface area contributed by atoms with Crippen molar-refractivity contribution < 1.29 is 14.3 Å². The molecule has 0 bridgehead atoms. The molecular weight excluding hydrogens is 450 g/mol. The first-order chi connectivity index (χ1) is 15.3. The van der Waals surface area contributed by atoms with E-state index < -0.39 is 0 Å². The number of halogens is 1. The Bertz CT molecular complexity index is 1120. The summed E-state index contributed by atoms with van der Waals surface area (Å²) in [4.78, 5) is 24.9. The maximum atomic E-state index is 12.5. The van der Waals surface area contributed by atoms with Gasteiger partial charge in [0.1, 0.15) is 5.75 Å². The number of carbonyl (C=O) groups excluding carboxylic acids is 2. The highest BCUT2D eigenvalue weighted by atomic mass is 35.5. The van der Waals surface area contributed by atoms with Gasteiger partial charge in [0.2, 0.25) is 5.91 Å². The molecule has 2 amide bonds. The van der Waals surface area contributed by atoms with E-state index in [9.17, 15) is 9.59 Å². The van der Waals surface area contributed by atoms with Crippen molar-refractivity contribution in [3.8, 4) is 5.75 Å². The fourth-order valence-corrected chi connectivity index (χ4v) is 3.85. The molecule has 0 aliphatic rings. The molecule has 0 saturated heterocycles. The third-order valence-corrected chi connectivity index (χ3v) is 6.02. The van der Waals surface area contributed by atoms with Gasteiger partial charge in [0, 0.05) is 23.3 Å². The van der Waals surface area contributed by atoms with Crippen LogP contribution in [0.2, 0.25) is 5.02 Å². The van der Waals surface area contributed by atoms with Crippen LogP contribution in [0.4, 0.5) is 5.69 Å². The summed E-state index contributed by atoms with van der Waals surface area (Å²) in [6.07, 6.45) is 0. The zero-order chi connectivity index (χ0) is 23.3. The third kappa shape index (κ3) is 5.80. The number of carbonyl (C=O) groups is 2. The summed E-state index contributed by atoms with van der Waals surface area (Å²) in [5, 5.41) is 15.2. The molecule has 0 unspecified atom stereocenters. The first-order valence-corrected chi connectivity index (χ1v) is 11.2. The Morgan fingerprint density at radius 2 is 1.91 bits per heavy atom. The summed E-state index contributed by atoms with van der Waals surface area (Å²) >= 11 is 7.26. The number of nitrogens with one attached hydrogen (secondary N) is 2. The van der Waals surface area contributed by atoms with E-state index in [2.05, 4.69) is 20.8 Å². The van der Waals surface area contributed by atoms with Gasteiger partial charge < -0.3 is 19.9 Å². The topological polar surface area (TPSA) is 98.1 Å². The van der Waals surface area contributed by atoms with Crippen molar-refractivity contribution in [1.29, 1.82) is 0 Å². The normalized spacial score (nSPS) is 11.7. The highest BCUT2D eigenvalue weighted by molar-refractivity contribution is 7.99. The first kappa shape index (κ1) is 23.6. The summed E-state index contributed by atoms with van der Waals surface area (Å²) < 4.78 is 6.88. The van der Waals surface area contributed by atoms with Gasteiger partial charge in [0.15, 0.2) is 11.0 Å². The zero-order valence-electron chi connectivity index (χ0n) is 18.2. The van der Waals surface area contributed by atoms with E-state index in [1.807, 2.05) is 19.9 Å². The lowest BCUT2D eigenvalue weighted by Gasteiger charge is -2.14. The standard InChI is InChI=1S/C22H24ClN5O3S/c1-13-5-8-16(23)11-18(13)25-19(29)12-32-22-27-26-20(28(22)3)14(2)24-21(30)15-6-9-17(31-4)10-7-15/h5-11,14H,12H2,1-4H3,(H,24,30)(H,25,29)/t14-/m0/s1. The Labute approximate surface area is 195 Å². The molecule has 2 aromatic carbocycles. The number of hydrogen-bond donors (Lipinski definition) is 2. The van der Waals surface area contributed by atoms with Gasteiger partial charge in [-0.3, -0.25) is 9.59 Å². The average Bonchev–Trinajstić information content (AvgIpc) is 3.15. The molecule has 1 heterocycles. The summed E-state index contributed by atoms with van der Waals surface area (Å²) in [5.74, 6) is 1.02. The predicted octanol–water partition coefficient (Wildman–Crippen LogP) is 4.01. The van der Waals surface area contributed by atoms with Crippen molar-refractivity contribution in [1.82, 2.24) is 20.1 Å². The Morgan fingerprint density at radius 1 is 1.19 bits per heavy atom. The lowest BCUT2D eigenvalue weighted by molar-refractivity contribution is -0.113. The maximum Gasteiger partial charge on any atom is 0.251 e. The van der Waals surface area contributed by atoms with Gasteiger partial charge in [-0.2, -0.15) is 0 Å². The molecule has 0 aliphatic carbocycles. The van der Waals surface area contributed by atoms with Crippen LogP contribution < -0.4 is 15.4 Å². The molecule has 1 aromatic heterocycles. The van der Waals surface area contributed by atoms with Gasteiger partial charge in [-0.25, -0.2) is 0 Å². The minimum absolute atomic E-state index is 0.157. The molecule has 32 heavy (non-hydrogen) atoms. The molecule has 0 fully saturated rings. The molecule has 0 radical (unpaired) electrons. The van der Waals surface area contributed by atoms with Crippen LogP contribution in [0.15, 0.2) is 47.6 Å².